The molecule has 0 saturated carbocycles. The number of halogens is 1. The first-order valence-corrected chi connectivity index (χ1v) is 24.2. The number of nitrogens with one attached hydrogen (secondary N) is 1. The predicted molar refractivity (Wildman–Crippen MR) is 252 cm³/mol. The minimum Gasteiger partial charge on any atom is -0.458 e. The number of carbonyl (C=O) groups is 3. The average molecular weight is 950 g/mol. The van der Waals surface area contributed by atoms with Gasteiger partial charge in [-0.2, -0.15) is 3.89 Å². The second-order valence-electron chi connectivity index (χ2n) is 18.6. The third kappa shape index (κ3) is 13.5. The number of rotatable bonds is 15. The SMILES string of the molecule is C=CCOCC1CC(N(C)C)C(O)[C@H](O[C@@H]2[C@@H](C)C(=O)[C@@H](C)C(=O)O[C@H](CC)[C@@]3(C)OC(=O)N(CCCCn4cc(-c5cccc(N)c5)nn4)[C@@H]3[C@@H](C)NC[C@H](C)C[C@@]2(C)OC)O1.CSF. The number of hydrogen-bond donors (Lipinski definition) is 3. The van der Waals surface area contributed by atoms with Gasteiger partial charge in [0.25, 0.3) is 0 Å². The van der Waals surface area contributed by atoms with Crippen molar-refractivity contribution in [3.63, 3.8) is 0 Å². The molecule has 13 atom stereocenters. The minimum absolute atomic E-state index is 0.0439. The monoisotopic (exact) mass is 950 g/mol. The van der Waals surface area contributed by atoms with E-state index in [0.29, 0.717) is 64.0 Å². The number of Topliss-reactive ketones (excluding diaryl/α,β-unsaturated/α-hetero) is 1. The lowest BCUT2D eigenvalue weighted by Gasteiger charge is -2.47. The number of nitrogen functional groups attached to an aromatic ring is 1. The number of unbranched alkanes of at least 4 members (excludes halogenated alkanes) is 1. The van der Waals surface area contributed by atoms with Gasteiger partial charge in [-0.1, -0.05) is 44.2 Å². The summed E-state index contributed by atoms with van der Waals surface area (Å²) >= 11 is 0.250. The predicted octanol–water partition coefficient (Wildman–Crippen LogP) is 5.70. The number of nitrogens with zero attached hydrogens (tertiary/aromatic N) is 5. The van der Waals surface area contributed by atoms with Gasteiger partial charge in [-0.3, -0.25) is 19.2 Å². The Labute approximate surface area is 395 Å². The van der Waals surface area contributed by atoms with Crippen LogP contribution in [0.2, 0.25) is 0 Å². The summed E-state index contributed by atoms with van der Waals surface area (Å²) in [5.41, 5.74) is 5.88. The topological polar surface area (TPSA) is 202 Å². The Kier molecular flexibility index (Phi) is 20.9. The molecule has 4 N–H and O–H groups in total. The normalized spacial score (nSPS) is 33.5. The highest BCUT2D eigenvalue weighted by Gasteiger charge is 2.58. The molecule has 1 aromatic heterocycles. The highest BCUT2D eigenvalue weighted by molar-refractivity contribution is 7.93. The Morgan fingerprint density at radius 3 is 2.48 bits per heavy atom. The van der Waals surface area contributed by atoms with Crippen molar-refractivity contribution in [2.45, 2.75) is 147 Å². The number of aliphatic hydroxyl groups excluding tert-OH is 1. The van der Waals surface area contributed by atoms with Crippen LogP contribution in [0.1, 0.15) is 80.6 Å². The molecule has 0 aliphatic carbocycles. The van der Waals surface area contributed by atoms with E-state index in [2.05, 4.69) is 29.1 Å². The number of esters is 1. The van der Waals surface area contributed by atoms with Crippen LogP contribution in [0.4, 0.5) is 14.4 Å². The molecule has 372 valence electrons. The van der Waals surface area contributed by atoms with Gasteiger partial charge in [-0.05, 0) is 98.5 Å². The van der Waals surface area contributed by atoms with Gasteiger partial charge < -0.3 is 49.5 Å². The summed E-state index contributed by atoms with van der Waals surface area (Å²) in [5.74, 6) is -3.31. The molecule has 1 amide bonds. The van der Waals surface area contributed by atoms with Gasteiger partial charge >= 0.3 is 12.1 Å². The number of methoxy groups -OCH3 is 1. The number of likely N-dealkylation sites (N-methyl/N-ethyl adjacent to an activating group) is 1. The standard InChI is InChI=1S/C46H73N7O10.CH3FS/c1-12-21-59-27-34-23-36(51(9)10)39(55)43(60-34)62-41-29(4)38(54)30(5)42(56)61-37(13-2)46(8)40(31(6)48-25-28(3)24-45(41,7)58-11)53(44(57)63-46)20-15-14-19-52-26-35(49-50-52)32-17-16-18-33(47)22-32;1-3-2/h12,16-18,22,26,28-31,34,36-37,39-41,43,48,55H,1,13-15,19-21,23-25,27,47H2,2-11H3;1H3/t28-,29+,30-,31-,34?,36?,37-,39?,40-,41-,43+,45-,46-;/m1./s1. The Morgan fingerprint density at radius 2 is 1.85 bits per heavy atom. The lowest BCUT2D eigenvalue weighted by Crippen LogP contribution is -2.61. The van der Waals surface area contributed by atoms with E-state index in [0.717, 1.165) is 11.3 Å². The van der Waals surface area contributed by atoms with E-state index in [-0.39, 0.29) is 36.8 Å². The number of benzene rings is 1. The maximum Gasteiger partial charge on any atom is 0.410 e. The van der Waals surface area contributed by atoms with E-state index in [4.69, 9.17) is 34.2 Å². The third-order valence-corrected chi connectivity index (χ3v) is 13.2. The van der Waals surface area contributed by atoms with Crippen LogP contribution in [-0.4, -0.2) is 162 Å². The first-order chi connectivity index (χ1) is 31.3. The smallest absolute Gasteiger partial charge is 0.410 e. The summed E-state index contributed by atoms with van der Waals surface area (Å²) in [6, 6.07) is 6.31. The van der Waals surface area contributed by atoms with Crippen molar-refractivity contribution in [1.82, 2.24) is 30.1 Å². The Bertz CT molecular complexity index is 1880. The summed E-state index contributed by atoms with van der Waals surface area (Å²) in [4.78, 5) is 46.2. The summed E-state index contributed by atoms with van der Waals surface area (Å²) in [6.07, 6.45) is 2.59. The summed E-state index contributed by atoms with van der Waals surface area (Å²) < 4.78 is 49.6. The van der Waals surface area contributed by atoms with Crippen LogP contribution in [0.5, 0.6) is 0 Å². The number of aromatic nitrogens is 3. The number of ether oxygens (including phenoxy) is 6. The first-order valence-electron chi connectivity index (χ1n) is 23.1. The molecule has 3 aliphatic rings. The molecule has 3 aliphatic heterocycles. The molecule has 5 rings (SSSR count). The van der Waals surface area contributed by atoms with Crippen molar-refractivity contribution in [2.75, 3.05) is 59.5 Å². The van der Waals surface area contributed by atoms with Gasteiger partial charge in [-0.15, -0.1) is 11.7 Å². The molecule has 0 spiro atoms. The second-order valence-corrected chi connectivity index (χ2v) is 18.9. The molecule has 3 saturated heterocycles. The average Bonchev–Trinajstić information content (AvgIpc) is 3.86. The van der Waals surface area contributed by atoms with Gasteiger partial charge in [-0.25, -0.2) is 4.79 Å². The zero-order valence-electron chi connectivity index (χ0n) is 40.8. The highest BCUT2D eigenvalue weighted by atomic mass is 32.2. The minimum atomic E-state index is -1.25. The quantitative estimate of drug-likeness (QED) is 0.0645. The summed E-state index contributed by atoms with van der Waals surface area (Å²) in [7, 11) is 5.34. The fourth-order valence-corrected chi connectivity index (χ4v) is 9.73. The fourth-order valence-electron chi connectivity index (χ4n) is 9.73. The number of amides is 1. The lowest BCUT2D eigenvalue weighted by atomic mass is 9.78. The van der Waals surface area contributed by atoms with Crippen molar-refractivity contribution < 1.29 is 51.8 Å². The summed E-state index contributed by atoms with van der Waals surface area (Å²) in [5, 5.41) is 24.0. The molecule has 19 heteroatoms. The molecule has 0 radical (unpaired) electrons. The van der Waals surface area contributed by atoms with Gasteiger partial charge in [0.2, 0.25) is 0 Å². The Morgan fingerprint density at radius 1 is 1.15 bits per heavy atom. The van der Waals surface area contributed by atoms with E-state index in [1.165, 1.54) is 13.2 Å². The number of aryl methyl sites for hydroxylation is 1. The number of nitrogens with two attached hydrogens (primary N) is 1. The third-order valence-electron chi connectivity index (χ3n) is 13.2. The Balaban J connectivity index is 0.00000309. The molecule has 2 aromatic rings. The molecule has 3 fully saturated rings. The van der Waals surface area contributed by atoms with Gasteiger partial charge in [0.1, 0.15) is 23.8 Å². The molecule has 4 heterocycles. The largest absolute Gasteiger partial charge is 0.458 e. The number of anilines is 1. The van der Waals surface area contributed by atoms with Crippen molar-refractivity contribution in [3.05, 3.63) is 43.1 Å². The number of hydrogen-bond acceptors (Lipinski definition) is 16. The van der Waals surface area contributed by atoms with E-state index < -0.39 is 77.6 Å². The molecule has 66 heavy (non-hydrogen) atoms. The van der Waals surface area contributed by atoms with Crippen LogP contribution in [0.15, 0.2) is 43.1 Å². The first kappa shape index (κ1) is 54.9. The van der Waals surface area contributed by atoms with Crippen molar-refractivity contribution >= 4 is 35.7 Å². The highest BCUT2D eigenvalue weighted by Crippen LogP contribution is 2.40. The molecule has 17 nitrogen and oxygen atoms in total. The van der Waals surface area contributed by atoms with E-state index in [1.54, 1.807) is 29.7 Å². The van der Waals surface area contributed by atoms with Crippen molar-refractivity contribution in [1.29, 1.82) is 0 Å². The summed E-state index contributed by atoms with van der Waals surface area (Å²) in [6.45, 7) is 18.7. The maximum atomic E-state index is 14.5. The number of cyclic esters (lactones) is 1. The maximum absolute atomic E-state index is 14.5. The second kappa shape index (κ2) is 25.1. The van der Waals surface area contributed by atoms with E-state index >= 15 is 0 Å². The lowest BCUT2D eigenvalue weighted by molar-refractivity contribution is -0.301. The van der Waals surface area contributed by atoms with Gasteiger partial charge in [0.15, 0.2) is 17.7 Å². The fraction of sp³-hybridized carbons (Fsp3) is 0.723. The van der Waals surface area contributed by atoms with Crippen LogP contribution in [0, 0.1) is 17.8 Å². The van der Waals surface area contributed by atoms with E-state index in [1.807, 2.05) is 77.2 Å². The molecular weight excluding hydrogens is 874 g/mol. The Hall–Kier alpha value is -3.69. The number of fused-ring (bicyclic) bond motifs is 1. The van der Waals surface area contributed by atoms with E-state index in [9.17, 15) is 23.4 Å². The van der Waals surface area contributed by atoms with Crippen LogP contribution in [0.25, 0.3) is 11.3 Å². The van der Waals surface area contributed by atoms with Gasteiger partial charge in [0, 0.05) is 67.9 Å². The molecular formula is C47H76FN7O10S. The van der Waals surface area contributed by atoms with Crippen molar-refractivity contribution in [2.24, 2.45) is 17.8 Å². The van der Waals surface area contributed by atoms with Crippen LogP contribution >= 0.6 is 12.1 Å². The zero-order valence-corrected chi connectivity index (χ0v) is 41.6. The molecule has 1 aromatic carbocycles. The van der Waals surface area contributed by atoms with Crippen LogP contribution in [-0.2, 0) is 44.6 Å². The van der Waals surface area contributed by atoms with Crippen LogP contribution < -0.4 is 11.1 Å². The van der Waals surface area contributed by atoms with Crippen molar-refractivity contribution in [3.8, 4) is 11.3 Å². The number of aliphatic hydroxyl groups is 1. The number of carbonyl (C=O) groups excluding carboxylic acids is 3. The van der Waals surface area contributed by atoms with Crippen LogP contribution in [0.3, 0.4) is 0 Å². The zero-order chi connectivity index (χ0) is 48.9. The number of ketones is 1. The molecule has 0 bridgehead atoms. The molecule has 3 unspecified atom stereocenters. The van der Waals surface area contributed by atoms with Gasteiger partial charge in [0.05, 0.1) is 43.3 Å².